The predicted octanol–water partition coefficient (Wildman–Crippen LogP) is 2.26. The second kappa shape index (κ2) is 9.31. The molecule has 0 saturated carbocycles. The number of rotatable bonds is 9. The van der Waals surface area contributed by atoms with E-state index in [1.807, 2.05) is 6.92 Å². The summed E-state index contributed by atoms with van der Waals surface area (Å²) in [6, 6.07) is 5.88. The molecular formula is C15H22FNO3. The first-order valence-electron chi connectivity index (χ1n) is 6.90. The van der Waals surface area contributed by atoms with Gasteiger partial charge in [0.15, 0.2) is 0 Å². The van der Waals surface area contributed by atoms with E-state index in [1.54, 1.807) is 12.1 Å². The van der Waals surface area contributed by atoms with Gasteiger partial charge in [-0.2, -0.15) is 0 Å². The van der Waals surface area contributed by atoms with Crippen LogP contribution in [0, 0.1) is 5.82 Å². The summed E-state index contributed by atoms with van der Waals surface area (Å²) >= 11 is 0. The summed E-state index contributed by atoms with van der Waals surface area (Å²) in [5.41, 5.74) is 0. The van der Waals surface area contributed by atoms with Gasteiger partial charge in [0, 0.05) is 19.1 Å². The maximum absolute atomic E-state index is 12.7. The molecule has 0 aliphatic rings. The molecule has 0 heterocycles. The summed E-state index contributed by atoms with van der Waals surface area (Å²) in [6.07, 6.45) is 2.46. The van der Waals surface area contributed by atoms with Gasteiger partial charge in [0.1, 0.15) is 11.6 Å². The molecule has 0 aliphatic heterocycles. The summed E-state index contributed by atoms with van der Waals surface area (Å²) in [4.78, 5) is 11.6. The molecule has 1 unspecified atom stereocenters. The highest BCUT2D eigenvalue weighted by Gasteiger charge is 2.06. The summed E-state index contributed by atoms with van der Waals surface area (Å²) in [5, 5.41) is 11.6. The van der Waals surface area contributed by atoms with E-state index in [2.05, 4.69) is 5.32 Å². The molecule has 1 rings (SSSR count). The van der Waals surface area contributed by atoms with Crippen LogP contribution >= 0.6 is 0 Å². The Bertz CT molecular complexity index is 395. The number of halogens is 1. The number of carbonyl (C=O) groups is 1. The zero-order valence-corrected chi connectivity index (χ0v) is 11.8. The molecule has 0 aliphatic carbocycles. The van der Waals surface area contributed by atoms with E-state index in [1.165, 1.54) is 12.1 Å². The standard InChI is InChI=1S/C15H22FNO3/c1-12(4-2-10-18)17-15(19)5-3-11-20-14-8-6-13(16)7-9-14/h6-9,12,18H,2-5,10-11H2,1H3,(H,17,19). The maximum atomic E-state index is 12.7. The molecule has 5 heteroatoms. The number of hydrogen-bond acceptors (Lipinski definition) is 3. The Labute approximate surface area is 119 Å². The zero-order valence-electron chi connectivity index (χ0n) is 11.8. The average molecular weight is 283 g/mol. The predicted molar refractivity (Wildman–Crippen MR) is 75.1 cm³/mol. The Balaban J connectivity index is 2.11. The molecule has 0 spiro atoms. The summed E-state index contributed by atoms with van der Waals surface area (Å²) in [5.74, 6) is 0.287. The van der Waals surface area contributed by atoms with Crippen LogP contribution in [0.1, 0.15) is 32.6 Å². The lowest BCUT2D eigenvalue weighted by atomic mass is 10.2. The molecule has 4 nitrogen and oxygen atoms in total. The van der Waals surface area contributed by atoms with Gasteiger partial charge in [0.05, 0.1) is 6.61 Å². The van der Waals surface area contributed by atoms with Gasteiger partial charge < -0.3 is 15.2 Å². The van der Waals surface area contributed by atoms with Crippen LogP contribution in [-0.4, -0.2) is 30.3 Å². The Morgan fingerprint density at radius 3 is 2.70 bits per heavy atom. The van der Waals surface area contributed by atoms with Gasteiger partial charge >= 0.3 is 0 Å². The largest absolute Gasteiger partial charge is 0.494 e. The fourth-order valence-corrected chi connectivity index (χ4v) is 1.77. The maximum Gasteiger partial charge on any atom is 0.220 e. The lowest BCUT2D eigenvalue weighted by molar-refractivity contribution is -0.121. The van der Waals surface area contributed by atoms with Crippen molar-refractivity contribution in [3.05, 3.63) is 30.1 Å². The third-order valence-electron chi connectivity index (χ3n) is 2.83. The minimum Gasteiger partial charge on any atom is -0.494 e. The topological polar surface area (TPSA) is 58.6 Å². The second-order valence-electron chi connectivity index (χ2n) is 4.74. The van der Waals surface area contributed by atoms with Crippen molar-refractivity contribution in [2.45, 2.75) is 38.6 Å². The number of hydrogen-bond donors (Lipinski definition) is 2. The van der Waals surface area contributed by atoms with Crippen molar-refractivity contribution >= 4 is 5.91 Å². The third kappa shape index (κ3) is 7.09. The van der Waals surface area contributed by atoms with Gasteiger partial charge in [-0.1, -0.05) is 0 Å². The smallest absolute Gasteiger partial charge is 0.220 e. The van der Waals surface area contributed by atoms with Crippen molar-refractivity contribution in [1.29, 1.82) is 0 Å². The number of ether oxygens (including phenoxy) is 1. The van der Waals surface area contributed by atoms with Crippen LogP contribution < -0.4 is 10.1 Å². The number of nitrogens with one attached hydrogen (secondary N) is 1. The highest BCUT2D eigenvalue weighted by molar-refractivity contribution is 5.76. The summed E-state index contributed by atoms with van der Waals surface area (Å²) < 4.78 is 18.1. The van der Waals surface area contributed by atoms with Gasteiger partial charge in [-0.15, -0.1) is 0 Å². The normalized spacial score (nSPS) is 11.9. The lowest BCUT2D eigenvalue weighted by Gasteiger charge is -2.13. The monoisotopic (exact) mass is 283 g/mol. The number of amides is 1. The van der Waals surface area contributed by atoms with Crippen molar-refractivity contribution in [2.75, 3.05) is 13.2 Å². The minimum absolute atomic E-state index is 0.0156. The van der Waals surface area contributed by atoms with Crippen LogP contribution in [0.25, 0.3) is 0 Å². The van der Waals surface area contributed by atoms with E-state index >= 15 is 0 Å². The van der Waals surface area contributed by atoms with Crippen LogP contribution in [0.5, 0.6) is 5.75 Å². The molecule has 0 fully saturated rings. The molecule has 0 bridgehead atoms. The van der Waals surface area contributed by atoms with Crippen molar-refractivity contribution in [3.63, 3.8) is 0 Å². The molecule has 20 heavy (non-hydrogen) atoms. The first kappa shape index (κ1) is 16.4. The molecule has 1 amide bonds. The Morgan fingerprint density at radius 2 is 2.05 bits per heavy atom. The molecular weight excluding hydrogens is 261 g/mol. The van der Waals surface area contributed by atoms with E-state index in [9.17, 15) is 9.18 Å². The minimum atomic E-state index is -0.298. The number of aliphatic hydroxyl groups excluding tert-OH is 1. The Morgan fingerprint density at radius 1 is 1.35 bits per heavy atom. The van der Waals surface area contributed by atoms with E-state index in [0.717, 1.165) is 6.42 Å². The molecule has 2 N–H and O–H groups in total. The first-order chi connectivity index (χ1) is 9.61. The van der Waals surface area contributed by atoms with Crippen molar-refractivity contribution in [2.24, 2.45) is 0 Å². The van der Waals surface area contributed by atoms with Crippen LogP contribution in [0.4, 0.5) is 4.39 Å². The van der Waals surface area contributed by atoms with E-state index in [4.69, 9.17) is 9.84 Å². The summed E-state index contributed by atoms with van der Waals surface area (Å²) in [6.45, 7) is 2.48. The molecule has 0 aromatic heterocycles. The van der Waals surface area contributed by atoms with Crippen LogP contribution in [0.2, 0.25) is 0 Å². The molecule has 0 saturated heterocycles. The number of aliphatic hydroxyl groups is 1. The molecule has 0 radical (unpaired) electrons. The molecule has 112 valence electrons. The molecule has 1 aromatic carbocycles. The van der Waals surface area contributed by atoms with Gasteiger partial charge in [0.2, 0.25) is 5.91 Å². The Hall–Kier alpha value is -1.62. The second-order valence-corrected chi connectivity index (χ2v) is 4.74. The average Bonchev–Trinajstić information content (AvgIpc) is 2.43. The SMILES string of the molecule is CC(CCCO)NC(=O)CCCOc1ccc(F)cc1. The van der Waals surface area contributed by atoms with Crippen molar-refractivity contribution in [1.82, 2.24) is 5.32 Å². The van der Waals surface area contributed by atoms with Gasteiger partial charge in [-0.3, -0.25) is 4.79 Å². The van der Waals surface area contributed by atoms with Gasteiger partial charge in [0.25, 0.3) is 0 Å². The first-order valence-corrected chi connectivity index (χ1v) is 6.90. The zero-order chi connectivity index (χ0) is 14.8. The van der Waals surface area contributed by atoms with E-state index < -0.39 is 0 Å². The van der Waals surface area contributed by atoms with E-state index in [0.29, 0.717) is 31.6 Å². The Kier molecular flexibility index (Phi) is 7.65. The number of benzene rings is 1. The highest BCUT2D eigenvalue weighted by Crippen LogP contribution is 2.11. The molecule has 1 aromatic rings. The van der Waals surface area contributed by atoms with Crippen molar-refractivity contribution < 1.29 is 19.0 Å². The van der Waals surface area contributed by atoms with E-state index in [-0.39, 0.29) is 24.4 Å². The highest BCUT2D eigenvalue weighted by atomic mass is 19.1. The fourth-order valence-electron chi connectivity index (χ4n) is 1.77. The quantitative estimate of drug-likeness (QED) is 0.683. The van der Waals surface area contributed by atoms with Crippen LogP contribution in [0.3, 0.4) is 0 Å². The van der Waals surface area contributed by atoms with Crippen molar-refractivity contribution in [3.8, 4) is 5.75 Å². The lowest BCUT2D eigenvalue weighted by Crippen LogP contribution is -2.32. The fraction of sp³-hybridized carbons (Fsp3) is 0.533. The van der Waals surface area contributed by atoms with Gasteiger partial charge in [-0.25, -0.2) is 4.39 Å². The van der Waals surface area contributed by atoms with Crippen LogP contribution in [-0.2, 0) is 4.79 Å². The molecule has 1 atom stereocenters. The van der Waals surface area contributed by atoms with Crippen LogP contribution in [0.15, 0.2) is 24.3 Å². The summed E-state index contributed by atoms with van der Waals surface area (Å²) in [7, 11) is 0. The number of carbonyl (C=O) groups excluding carboxylic acids is 1. The van der Waals surface area contributed by atoms with Gasteiger partial charge in [-0.05, 0) is 50.5 Å². The third-order valence-corrected chi connectivity index (χ3v) is 2.83.